The molecule has 1 amide bonds. The molecular formula is C21H22N2O2. The minimum atomic E-state index is -0.440. The molecule has 2 aliphatic rings. The van der Waals surface area contributed by atoms with Gasteiger partial charge in [0.15, 0.2) is 5.78 Å². The van der Waals surface area contributed by atoms with Crippen LogP contribution in [0.15, 0.2) is 42.5 Å². The van der Waals surface area contributed by atoms with Gasteiger partial charge in [-0.25, -0.2) is 0 Å². The Balaban J connectivity index is 1.69. The highest BCUT2D eigenvalue weighted by atomic mass is 16.1. The summed E-state index contributed by atoms with van der Waals surface area (Å²) in [6.07, 6.45) is 2.73. The second-order valence-electron chi connectivity index (χ2n) is 7.41. The number of piperidine rings is 1. The fourth-order valence-corrected chi connectivity index (χ4v) is 4.15. The van der Waals surface area contributed by atoms with Gasteiger partial charge in [-0.3, -0.25) is 9.59 Å². The summed E-state index contributed by atoms with van der Waals surface area (Å²) in [6, 6.07) is 13.4. The predicted molar refractivity (Wildman–Crippen MR) is 97.6 cm³/mol. The van der Waals surface area contributed by atoms with E-state index in [4.69, 9.17) is 5.73 Å². The molecule has 4 rings (SSSR count). The Morgan fingerprint density at radius 2 is 1.80 bits per heavy atom. The first-order valence-corrected chi connectivity index (χ1v) is 8.75. The van der Waals surface area contributed by atoms with E-state index in [0.717, 1.165) is 54.6 Å². The van der Waals surface area contributed by atoms with Crippen LogP contribution in [0.25, 0.3) is 11.1 Å². The van der Waals surface area contributed by atoms with E-state index in [2.05, 4.69) is 18.0 Å². The molecule has 0 radical (unpaired) electrons. The van der Waals surface area contributed by atoms with E-state index >= 15 is 0 Å². The lowest BCUT2D eigenvalue weighted by Crippen LogP contribution is -2.41. The molecule has 1 heterocycles. The minimum absolute atomic E-state index is 0.206. The standard InChI is InChI=1S/C21H22N2O2/c1-23-9-7-21(8-10-23)13-17-6-5-15(12-18(17)19(21)24)14-3-2-4-16(11-14)20(22)25/h2-6,11-12H,7-10,13H2,1H3,(H2,22,25). The van der Waals surface area contributed by atoms with Crippen LogP contribution in [-0.4, -0.2) is 36.7 Å². The van der Waals surface area contributed by atoms with E-state index in [1.807, 2.05) is 24.3 Å². The molecule has 1 spiro atoms. The van der Waals surface area contributed by atoms with Crippen molar-refractivity contribution in [1.29, 1.82) is 0 Å². The largest absolute Gasteiger partial charge is 0.366 e. The topological polar surface area (TPSA) is 63.4 Å². The number of hydrogen-bond acceptors (Lipinski definition) is 3. The molecule has 0 unspecified atom stereocenters. The van der Waals surface area contributed by atoms with E-state index in [1.54, 1.807) is 12.1 Å². The normalized spacial score (nSPS) is 19.2. The third kappa shape index (κ3) is 2.67. The van der Waals surface area contributed by atoms with Crippen molar-refractivity contribution in [2.75, 3.05) is 20.1 Å². The van der Waals surface area contributed by atoms with Crippen molar-refractivity contribution in [2.24, 2.45) is 11.1 Å². The van der Waals surface area contributed by atoms with Crippen LogP contribution in [0.4, 0.5) is 0 Å². The van der Waals surface area contributed by atoms with Gasteiger partial charge in [0.2, 0.25) is 5.91 Å². The molecule has 1 aliphatic heterocycles. The second kappa shape index (κ2) is 5.81. The molecular weight excluding hydrogens is 312 g/mol. The number of benzene rings is 2. The van der Waals surface area contributed by atoms with Gasteiger partial charge in [-0.05, 0) is 74.3 Å². The number of amides is 1. The minimum Gasteiger partial charge on any atom is -0.366 e. The fraction of sp³-hybridized carbons (Fsp3) is 0.333. The van der Waals surface area contributed by atoms with Gasteiger partial charge in [0.1, 0.15) is 0 Å². The highest BCUT2D eigenvalue weighted by molar-refractivity contribution is 6.06. The zero-order valence-electron chi connectivity index (χ0n) is 14.4. The molecule has 2 N–H and O–H groups in total. The quantitative estimate of drug-likeness (QED) is 0.918. The van der Waals surface area contributed by atoms with Crippen molar-refractivity contribution in [3.63, 3.8) is 0 Å². The molecule has 0 bridgehead atoms. The van der Waals surface area contributed by atoms with Crippen LogP contribution in [0.3, 0.4) is 0 Å². The highest BCUT2D eigenvalue weighted by Crippen LogP contribution is 2.45. The van der Waals surface area contributed by atoms with Gasteiger partial charge < -0.3 is 10.6 Å². The summed E-state index contributed by atoms with van der Waals surface area (Å²) >= 11 is 0. The molecule has 4 nitrogen and oxygen atoms in total. The summed E-state index contributed by atoms with van der Waals surface area (Å²) in [6.45, 7) is 1.96. The predicted octanol–water partition coefficient (Wildman–Crippen LogP) is 2.90. The van der Waals surface area contributed by atoms with Crippen LogP contribution in [0.2, 0.25) is 0 Å². The van der Waals surface area contributed by atoms with Crippen molar-refractivity contribution in [3.05, 3.63) is 59.2 Å². The first-order chi connectivity index (χ1) is 12.0. The molecule has 0 aromatic heterocycles. The van der Waals surface area contributed by atoms with E-state index in [1.165, 1.54) is 0 Å². The Bertz CT molecular complexity index is 864. The summed E-state index contributed by atoms with van der Waals surface area (Å²) in [7, 11) is 2.11. The van der Waals surface area contributed by atoms with Crippen molar-refractivity contribution < 1.29 is 9.59 Å². The summed E-state index contributed by atoms with van der Waals surface area (Å²) in [5.41, 5.74) is 9.54. The number of fused-ring (bicyclic) bond motifs is 1. The molecule has 2 aromatic carbocycles. The SMILES string of the molecule is CN1CCC2(CC1)Cc1ccc(-c3cccc(C(N)=O)c3)cc1C2=O. The lowest BCUT2D eigenvalue weighted by Gasteiger charge is -2.36. The molecule has 1 aliphatic carbocycles. The first-order valence-electron chi connectivity index (χ1n) is 8.75. The highest BCUT2D eigenvalue weighted by Gasteiger charge is 2.46. The van der Waals surface area contributed by atoms with Gasteiger partial charge >= 0.3 is 0 Å². The Labute approximate surface area is 147 Å². The number of carbonyl (C=O) groups excluding carboxylic acids is 2. The number of nitrogens with two attached hydrogens (primary N) is 1. The Morgan fingerprint density at radius 3 is 2.52 bits per heavy atom. The maximum atomic E-state index is 13.1. The summed E-state index contributed by atoms with van der Waals surface area (Å²) in [4.78, 5) is 26.9. The maximum Gasteiger partial charge on any atom is 0.248 e. The number of hydrogen-bond donors (Lipinski definition) is 1. The summed E-state index contributed by atoms with van der Waals surface area (Å²) in [5, 5.41) is 0. The number of Topliss-reactive ketones (excluding diaryl/α,β-unsaturated/α-hetero) is 1. The molecule has 2 aromatic rings. The van der Waals surface area contributed by atoms with Crippen LogP contribution < -0.4 is 5.73 Å². The Kier molecular flexibility index (Phi) is 3.73. The smallest absolute Gasteiger partial charge is 0.248 e. The average Bonchev–Trinajstić information content (AvgIpc) is 2.89. The number of rotatable bonds is 2. The van der Waals surface area contributed by atoms with Crippen LogP contribution in [-0.2, 0) is 6.42 Å². The van der Waals surface area contributed by atoms with E-state index in [-0.39, 0.29) is 5.41 Å². The molecule has 1 fully saturated rings. The van der Waals surface area contributed by atoms with Crippen molar-refractivity contribution >= 4 is 11.7 Å². The maximum absolute atomic E-state index is 13.1. The van der Waals surface area contributed by atoms with E-state index in [0.29, 0.717) is 11.3 Å². The van der Waals surface area contributed by atoms with Crippen LogP contribution in [0.5, 0.6) is 0 Å². The molecule has 1 saturated heterocycles. The van der Waals surface area contributed by atoms with Gasteiger partial charge in [0.05, 0.1) is 0 Å². The van der Waals surface area contributed by atoms with Gasteiger partial charge in [0, 0.05) is 16.5 Å². The Morgan fingerprint density at radius 1 is 1.08 bits per heavy atom. The summed E-state index contributed by atoms with van der Waals surface area (Å²) < 4.78 is 0. The lowest BCUT2D eigenvalue weighted by atomic mass is 9.75. The number of likely N-dealkylation sites (tertiary alicyclic amines) is 1. The molecule has 25 heavy (non-hydrogen) atoms. The number of primary amides is 1. The molecule has 0 saturated carbocycles. The van der Waals surface area contributed by atoms with Crippen LogP contribution in [0, 0.1) is 5.41 Å². The third-order valence-corrected chi connectivity index (χ3v) is 5.79. The molecule has 4 heteroatoms. The first kappa shape index (κ1) is 16.0. The van der Waals surface area contributed by atoms with Gasteiger partial charge in [-0.2, -0.15) is 0 Å². The Hall–Kier alpha value is -2.46. The number of carbonyl (C=O) groups is 2. The molecule has 0 atom stereocenters. The number of ketones is 1. The van der Waals surface area contributed by atoms with Crippen molar-refractivity contribution in [1.82, 2.24) is 4.90 Å². The van der Waals surface area contributed by atoms with Gasteiger partial charge in [-0.1, -0.05) is 24.3 Å². The second-order valence-corrected chi connectivity index (χ2v) is 7.41. The van der Waals surface area contributed by atoms with Gasteiger partial charge in [0.25, 0.3) is 0 Å². The number of nitrogens with zero attached hydrogens (tertiary/aromatic N) is 1. The zero-order chi connectivity index (χ0) is 17.6. The monoisotopic (exact) mass is 334 g/mol. The van der Waals surface area contributed by atoms with Crippen molar-refractivity contribution in [3.8, 4) is 11.1 Å². The fourth-order valence-electron chi connectivity index (χ4n) is 4.15. The van der Waals surface area contributed by atoms with Crippen LogP contribution in [0.1, 0.15) is 39.1 Å². The van der Waals surface area contributed by atoms with E-state index in [9.17, 15) is 9.59 Å². The van der Waals surface area contributed by atoms with Gasteiger partial charge in [-0.15, -0.1) is 0 Å². The lowest BCUT2D eigenvalue weighted by molar-refractivity contribution is 0.0671. The van der Waals surface area contributed by atoms with Crippen molar-refractivity contribution in [2.45, 2.75) is 19.3 Å². The van der Waals surface area contributed by atoms with E-state index < -0.39 is 5.91 Å². The zero-order valence-corrected chi connectivity index (χ0v) is 14.4. The van der Waals surface area contributed by atoms with Crippen LogP contribution >= 0.6 is 0 Å². The third-order valence-electron chi connectivity index (χ3n) is 5.79. The molecule has 128 valence electrons. The summed E-state index contributed by atoms with van der Waals surface area (Å²) in [5.74, 6) is -0.145. The average molecular weight is 334 g/mol.